The quantitative estimate of drug-likeness (QED) is 0.189. The SMILES string of the molecule is CC(NC(=O)CN)C(=O)NC(Cc1ccc(O)cc1)C(=O)NC(CCC(N)=O)C(=O)O. The molecule has 1 aromatic rings. The Morgan fingerprint density at radius 2 is 1.55 bits per heavy atom. The predicted octanol–water partition coefficient (Wildman–Crippen LogP) is -2.28. The van der Waals surface area contributed by atoms with E-state index in [9.17, 15) is 34.2 Å². The van der Waals surface area contributed by atoms with Crippen molar-refractivity contribution in [2.45, 2.75) is 44.3 Å². The van der Waals surface area contributed by atoms with E-state index in [0.29, 0.717) is 5.56 Å². The summed E-state index contributed by atoms with van der Waals surface area (Å²) in [4.78, 5) is 58.9. The number of phenols is 1. The Balaban J connectivity index is 2.98. The van der Waals surface area contributed by atoms with Crippen molar-refractivity contribution in [1.82, 2.24) is 16.0 Å². The molecule has 3 atom stereocenters. The van der Waals surface area contributed by atoms with E-state index in [2.05, 4.69) is 16.0 Å². The Kier molecular flexibility index (Phi) is 9.92. The van der Waals surface area contributed by atoms with Gasteiger partial charge in [0.25, 0.3) is 0 Å². The van der Waals surface area contributed by atoms with Crippen LogP contribution in [0.2, 0.25) is 0 Å². The molecule has 0 spiro atoms. The summed E-state index contributed by atoms with van der Waals surface area (Å²) >= 11 is 0. The molecule has 12 heteroatoms. The number of nitrogens with one attached hydrogen (secondary N) is 3. The van der Waals surface area contributed by atoms with Gasteiger partial charge in [-0.15, -0.1) is 0 Å². The number of aromatic hydroxyl groups is 1. The molecule has 0 aliphatic carbocycles. The number of benzene rings is 1. The monoisotopic (exact) mass is 437 g/mol. The zero-order valence-electron chi connectivity index (χ0n) is 17.0. The largest absolute Gasteiger partial charge is 0.508 e. The van der Waals surface area contributed by atoms with Crippen molar-refractivity contribution in [2.75, 3.05) is 6.54 Å². The van der Waals surface area contributed by atoms with Gasteiger partial charge in [0.15, 0.2) is 0 Å². The number of carbonyl (C=O) groups excluding carboxylic acids is 4. The highest BCUT2D eigenvalue weighted by Crippen LogP contribution is 2.12. The third-order valence-electron chi connectivity index (χ3n) is 4.26. The molecule has 170 valence electrons. The van der Waals surface area contributed by atoms with Crippen LogP contribution >= 0.6 is 0 Å². The maximum atomic E-state index is 12.7. The average molecular weight is 437 g/mol. The first-order valence-electron chi connectivity index (χ1n) is 9.42. The van der Waals surface area contributed by atoms with Crippen molar-refractivity contribution in [3.05, 3.63) is 29.8 Å². The second-order valence-corrected chi connectivity index (χ2v) is 6.83. The van der Waals surface area contributed by atoms with Crippen LogP contribution in [0.25, 0.3) is 0 Å². The molecular formula is C19H27N5O7. The number of aliphatic carboxylic acids is 1. The lowest BCUT2D eigenvalue weighted by Crippen LogP contribution is -2.56. The molecule has 1 aromatic carbocycles. The molecule has 0 bridgehead atoms. The van der Waals surface area contributed by atoms with Crippen LogP contribution in [0.15, 0.2) is 24.3 Å². The molecule has 31 heavy (non-hydrogen) atoms. The summed E-state index contributed by atoms with van der Waals surface area (Å²) in [6, 6.07) is 2.24. The predicted molar refractivity (Wildman–Crippen MR) is 108 cm³/mol. The number of nitrogens with two attached hydrogens (primary N) is 2. The van der Waals surface area contributed by atoms with Crippen LogP contribution in [0.1, 0.15) is 25.3 Å². The van der Waals surface area contributed by atoms with E-state index >= 15 is 0 Å². The minimum absolute atomic E-state index is 0.00398. The standard InChI is InChI=1S/C19H27N5O7/c1-10(22-16(27)9-20)17(28)24-14(8-11-2-4-12(25)5-3-11)18(29)23-13(19(30)31)6-7-15(21)26/h2-5,10,13-14,25H,6-9,20H2,1H3,(H2,21,26)(H,22,27)(H,23,29)(H,24,28)(H,30,31). The molecular weight excluding hydrogens is 410 g/mol. The summed E-state index contributed by atoms with van der Waals surface area (Å²) in [7, 11) is 0. The number of carboxylic acid groups (broad SMARTS) is 1. The molecule has 9 N–H and O–H groups in total. The van der Waals surface area contributed by atoms with E-state index < -0.39 is 47.7 Å². The molecule has 0 fully saturated rings. The lowest BCUT2D eigenvalue weighted by Gasteiger charge is -2.23. The molecule has 0 aliphatic rings. The third-order valence-corrected chi connectivity index (χ3v) is 4.26. The van der Waals surface area contributed by atoms with Crippen LogP contribution in [0.5, 0.6) is 5.75 Å². The number of carboxylic acids is 1. The normalized spacial score (nSPS) is 13.4. The minimum atomic E-state index is -1.39. The Morgan fingerprint density at radius 1 is 0.968 bits per heavy atom. The molecule has 1 rings (SSSR count). The van der Waals surface area contributed by atoms with E-state index in [1.807, 2.05) is 0 Å². The van der Waals surface area contributed by atoms with Crippen LogP contribution in [0.4, 0.5) is 0 Å². The van der Waals surface area contributed by atoms with Crippen LogP contribution in [-0.4, -0.2) is 64.5 Å². The summed E-state index contributed by atoms with van der Waals surface area (Å²) in [5, 5.41) is 25.8. The smallest absolute Gasteiger partial charge is 0.326 e. The molecule has 12 nitrogen and oxygen atoms in total. The third kappa shape index (κ3) is 9.12. The summed E-state index contributed by atoms with van der Waals surface area (Å²) < 4.78 is 0. The van der Waals surface area contributed by atoms with Gasteiger partial charge in [-0.25, -0.2) is 4.79 Å². The minimum Gasteiger partial charge on any atom is -0.508 e. The van der Waals surface area contributed by atoms with Crippen molar-refractivity contribution in [3.8, 4) is 5.75 Å². The number of hydrogen-bond acceptors (Lipinski definition) is 7. The summed E-state index contributed by atoms with van der Waals surface area (Å²) in [6.07, 6.45) is -0.509. The molecule has 4 amide bonds. The van der Waals surface area contributed by atoms with E-state index in [1.165, 1.54) is 31.2 Å². The summed E-state index contributed by atoms with van der Waals surface area (Å²) in [5.41, 5.74) is 10.8. The van der Waals surface area contributed by atoms with Gasteiger partial charge >= 0.3 is 5.97 Å². The topological polar surface area (TPSA) is 214 Å². The van der Waals surface area contributed by atoms with Crippen molar-refractivity contribution in [3.63, 3.8) is 0 Å². The van der Waals surface area contributed by atoms with Gasteiger partial charge in [-0.1, -0.05) is 12.1 Å². The van der Waals surface area contributed by atoms with Crippen molar-refractivity contribution < 1.29 is 34.2 Å². The maximum absolute atomic E-state index is 12.7. The van der Waals surface area contributed by atoms with Gasteiger partial charge in [0, 0.05) is 12.8 Å². The van der Waals surface area contributed by atoms with E-state index in [4.69, 9.17) is 11.5 Å². The van der Waals surface area contributed by atoms with Gasteiger partial charge < -0.3 is 37.6 Å². The Bertz CT molecular complexity index is 812. The highest BCUT2D eigenvalue weighted by molar-refractivity contribution is 5.93. The van der Waals surface area contributed by atoms with Crippen LogP contribution < -0.4 is 27.4 Å². The van der Waals surface area contributed by atoms with Crippen LogP contribution in [0.3, 0.4) is 0 Å². The molecule has 3 unspecified atom stereocenters. The van der Waals surface area contributed by atoms with Gasteiger partial charge in [-0.3, -0.25) is 19.2 Å². The number of rotatable bonds is 12. The second kappa shape index (κ2) is 12.1. The van der Waals surface area contributed by atoms with Crippen LogP contribution in [0, 0.1) is 0 Å². The first kappa shape index (κ1) is 25.4. The zero-order valence-corrected chi connectivity index (χ0v) is 17.0. The van der Waals surface area contributed by atoms with Gasteiger partial charge in [0.1, 0.15) is 23.9 Å². The van der Waals surface area contributed by atoms with Crippen LogP contribution in [-0.2, 0) is 30.4 Å². The van der Waals surface area contributed by atoms with Crippen molar-refractivity contribution >= 4 is 29.6 Å². The lowest BCUT2D eigenvalue weighted by molar-refractivity contribution is -0.142. The Morgan fingerprint density at radius 3 is 2.06 bits per heavy atom. The summed E-state index contributed by atoms with van der Waals surface area (Å²) in [5.74, 6) is -4.16. The lowest BCUT2D eigenvalue weighted by atomic mass is 10.0. The molecule has 0 heterocycles. The molecule has 0 radical (unpaired) electrons. The maximum Gasteiger partial charge on any atom is 0.326 e. The highest BCUT2D eigenvalue weighted by Gasteiger charge is 2.28. The fraction of sp³-hybridized carbons (Fsp3) is 0.421. The first-order valence-corrected chi connectivity index (χ1v) is 9.42. The Labute approximate surface area is 178 Å². The second-order valence-electron chi connectivity index (χ2n) is 6.83. The number of amides is 4. The number of phenolic OH excluding ortho intramolecular Hbond substituents is 1. The van der Waals surface area contributed by atoms with Crippen molar-refractivity contribution in [1.29, 1.82) is 0 Å². The zero-order chi connectivity index (χ0) is 23.6. The van der Waals surface area contributed by atoms with Gasteiger partial charge in [-0.05, 0) is 31.0 Å². The van der Waals surface area contributed by atoms with E-state index in [0.717, 1.165) is 0 Å². The fourth-order valence-electron chi connectivity index (χ4n) is 2.56. The number of carbonyl (C=O) groups is 5. The van der Waals surface area contributed by atoms with Gasteiger partial charge in [-0.2, -0.15) is 0 Å². The molecule has 0 saturated heterocycles. The number of primary amides is 1. The number of hydrogen-bond donors (Lipinski definition) is 7. The van der Waals surface area contributed by atoms with E-state index in [-0.39, 0.29) is 31.6 Å². The molecule has 0 aliphatic heterocycles. The fourth-order valence-corrected chi connectivity index (χ4v) is 2.56. The van der Waals surface area contributed by atoms with Crippen molar-refractivity contribution in [2.24, 2.45) is 11.5 Å². The summed E-state index contributed by atoms with van der Waals surface area (Å²) in [6.45, 7) is 1.07. The van der Waals surface area contributed by atoms with E-state index in [1.54, 1.807) is 0 Å². The molecule has 0 aromatic heterocycles. The Hall–Kier alpha value is -3.67. The van der Waals surface area contributed by atoms with Gasteiger partial charge in [0.05, 0.1) is 6.54 Å². The first-order chi connectivity index (χ1) is 14.5. The molecule has 0 saturated carbocycles. The van der Waals surface area contributed by atoms with Gasteiger partial charge in [0.2, 0.25) is 23.6 Å². The average Bonchev–Trinajstić information content (AvgIpc) is 2.71. The highest BCUT2D eigenvalue weighted by atomic mass is 16.4.